The van der Waals surface area contributed by atoms with Crippen LogP contribution in [0.1, 0.15) is 55.7 Å². The van der Waals surface area contributed by atoms with Gasteiger partial charge in [0.25, 0.3) is 17.7 Å². The molecule has 4 aromatic rings. The van der Waals surface area contributed by atoms with Gasteiger partial charge < -0.3 is 10.6 Å². The molecule has 0 fully saturated rings. The fourth-order valence-electron chi connectivity index (χ4n) is 4.20. The zero-order chi connectivity index (χ0) is 27.0. The third kappa shape index (κ3) is 4.75. The molecule has 1 aliphatic rings. The van der Waals surface area contributed by atoms with Crippen molar-refractivity contribution in [2.75, 3.05) is 0 Å². The number of amides is 2. The molecule has 0 aliphatic heterocycles. The Bertz CT molecular complexity index is 1620. The molecule has 14 heteroatoms. The van der Waals surface area contributed by atoms with E-state index in [1.54, 1.807) is 13.0 Å². The number of tetrazole rings is 1. The highest BCUT2D eigenvalue weighted by molar-refractivity contribution is 5.97. The van der Waals surface area contributed by atoms with Crippen LogP contribution in [0.4, 0.5) is 13.2 Å². The van der Waals surface area contributed by atoms with E-state index >= 15 is 0 Å². The van der Waals surface area contributed by atoms with Crippen LogP contribution in [0.5, 0.6) is 0 Å². The molecular weight excluding hydrogens is 505 g/mol. The molecule has 38 heavy (non-hydrogen) atoms. The maximum atomic E-state index is 14.8. The Morgan fingerprint density at radius 1 is 1.11 bits per heavy atom. The lowest BCUT2D eigenvalue weighted by molar-refractivity contribution is -0.00847. The van der Waals surface area contributed by atoms with Crippen molar-refractivity contribution >= 4 is 11.8 Å². The van der Waals surface area contributed by atoms with Gasteiger partial charge in [-0.2, -0.15) is 4.68 Å². The molecular formula is C24H19F3N8O3. The van der Waals surface area contributed by atoms with Crippen molar-refractivity contribution in [1.82, 2.24) is 40.8 Å². The number of nitrogens with zero attached hydrogens (tertiary/aromatic N) is 5. The fourth-order valence-corrected chi connectivity index (χ4v) is 4.20. The van der Waals surface area contributed by atoms with Gasteiger partial charge in [0.05, 0.1) is 11.7 Å². The molecule has 2 heterocycles. The van der Waals surface area contributed by atoms with Crippen molar-refractivity contribution in [2.24, 2.45) is 0 Å². The first-order chi connectivity index (χ1) is 18.1. The number of alkyl halides is 2. The Morgan fingerprint density at radius 2 is 1.87 bits per heavy atom. The lowest BCUT2D eigenvalue weighted by Crippen LogP contribution is -2.30. The number of carbonyl (C=O) groups excluding carboxylic acids is 2. The van der Waals surface area contributed by atoms with Gasteiger partial charge in [-0.25, -0.2) is 33.0 Å². The molecule has 0 bridgehead atoms. The quantitative estimate of drug-likeness (QED) is 0.350. The summed E-state index contributed by atoms with van der Waals surface area (Å²) in [6.07, 6.45) is 0.311. The number of aryl methyl sites for hydroxylation is 1. The third-order valence-electron chi connectivity index (χ3n) is 6.10. The molecule has 194 valence electrons. The summed E-state index contributed by atoms with van der Waals surface area (Å²) in [5.74, 6) is -5.02. The second-order valence-corrected chi connectivity index (χ2v) is 8.68. The van der Waals surface area contributed by atoms with Gasteiger partial charge in [-0.1, -0.05) is 18.2 Å². The number of benzene rings is 2. The van der Waals surface area contributed by atoms with Gasteiger partial charge in [0.15, 0.2) is 0 Å². The van der Waals surface area contributed by atoms with Crippen LogP contribution in [0.3, 0.4) is 0 Å². The molecule has 0 unspecified atom stereocenters. The van der Waals surface area contributed by atoms with Crippen LogP contribution in [-0.4, -0.2) is 42.0 Å². The zero-order valence-corrected chi connectivity index (χ0v) is 19.7. The largest absolute Gasteiger partial charge is 0.365 e. The van der Waals surface area contributed by atoms with E-state index in [4.69, 9.17) is 0 Å². The highest BCUT2D eigenvalue weighted by Gasteiger charge is 2.46. The van der Waals surface area contributed by atoms with Crippen LogP contribution in [0.25, 0.3) is 5.69 Å². The number of aromatic nitrogens is 6. The van der Waals surface area contributed by atoms with Crippen molar-refractivity contribution in [3.63, 3.8) is 0 Å². The average Bonchev–Trinajstić information content (AvgIpc) is 3.44. The molecule has 2 aromatic carbocycles. The molecule has 0 radical (unpaired) electrons. The Labute approximate surface area is 212 Å². The zero-order valence-electron chi connectivity index (χ0n) is 19.7. The van der Waals surface area contributed by atoms with E-state index < -0.39 is 35.9 Å². The second kappa shape index (κ2) is 9.53. The highest BCUT2D eigenvalue weighted by Crippen LogP contribution is 2.47. The number of hydrogen-bond donors (Lipinski definition) is 3. The van der Waals surface area contributed by atoms with E-state index in [2.05, 4.69) is 36.1 Å². The molecule has 0 saturated heterocycles. The lowest BCUT2D eigenvalue weighted by atomic mass is 10.1. The summed E-state index contributed by atoms with van der Waals surface area (Å²) in [5, 5.41) is 14.1. The molecule has 1 atom stereocenters. The van der Waals surface area contributed by atoms with Gasteiger partial charge in [0.2, 0.25) is 0 Å². The molecule has 2 amide bonds. The van der Waals surface area contributed by atoms with Gasteiger partial charge in [-0.15, -0.1) is 0 Å². The van der Waals surface area contributed by atoms with Crippen LogP contribution in [0.15, 0.2) is 53.6 Å². The second-order valence-electron chi connectivity index (χ2n) is 8.68. The number of carbonyl (C=O) groups is 2. The van der Waals surface area contributed by atoms with E-state index in [0.717, 1.165) is 23.1 Å². The Morgan fingerprint density at radius 3 is 2.58 bits per heavy atom. The van der Waals surface area contributed by atoms with Crippen molar-refractivity contribution in [3.05, 3.63) is 98.7 Å². The highest BCUT2D eigenvalue weighted by atomic mass is 19.3. The molecule has 3 N–H and O–H groups in total. The van der Waals surface area contributed by atoms with E-state index in [9.17, 15) is 27.6 Å². The standard InChI is InChI=1S/C24H19F3N8O3/c1-12-6-13(2-5-17(12)25)10-28-21(36)18-8-19(30-11-29-18)22(37)31-20-9-24(26,27)16-7-14(3-4-15(16)20)35-23(38)32-33-34-35/h2-8,11,20H,9-10H2,1H3,(H,28,36)(H,31,37)(H,32,34,38)/t20-/m0/s1. The molecule has 11 nitrogen and oxygen atoms in total. The summed E-state index contributed by atoms with van der Waals surface area (Å²) in [4.78, 5) is 44.9. The van der Waals surface area contributed by atoms with Crippen molar-refractivity contribution in [2.45, 2.75) is 31.9 Å². The summed E-state index contributed by atoms with van der Waals surface area (Å²) in [5.41, 5.74) is 0.0269. The van der Waals surface area contributed by atoms with Crippen molar-refractivity contribution in [3.8, 4) is 5.69 Å². The fraction of sp³-hybridized carbons (Fsp3) is 0.208. The minimum Gasteiger partial charge on any atom is -0.347 e. The van der Waals surface area contributed by atoms with Gasteiger partial charge in [0, 0.05) is 24.6 Å². The lowest BCUT2D eigenvalue weighted by Gasteiger charge is -2.14. The van der Waals surface area contributed by atoms with Crippen molar-refractivity contribution < 1.29 is 22.8 Å². The monoisotopic (exact) mass is 524 g/mol. The van der Waals surface area contributed by atoms with Gasteiger partial charge in [-0.05, 0) is 52.2 Å². The number of H-pyrrole nitrogens is 1. The van der Waals surface area contributed by atoms with Gasteiger partial charge in [0.1, 0.15) is 23.5 Å². The third-order valence-corrected chi connectivity index (χ3v) is 6.10. The molecule has 5 rings (SSSR count). The number of fused-ring (bicyclic) bond motifs is 1. The van der Waals surface area contributed by atoms with Crippen LogP contribution >= 0.6 is 0 Å². The van der Waals surface area contributed by atoms with Gasteiger partial charge >= 0.3 is 5.69 Å². The van der Waals surface area contributed by atoms with E-state index in [1.165, 1.54) is 24.3 Å². The Kier molecular flexibility index (Phi) is 6.22. The number of hydrogen-bond acceptors (Lipinski definition) is 7. The van der Waals surface area contributed by atoms with Crippen LogP contribution < -0.4 is 16.3 Å². The maximum Gasteiger partial charge on any atom is 0.365 e. The summed E-state index contributed by atoms with van der Waals surface area (Å²) in [6.45, 7) is 1.70. The van der Waals surface area contributed by atoms with Crippen LogP contribution in [-0.2, 0) is 12.5 Å². The predicted molar refractivity (Wildman–Crippen MR) is 125 cm³/mol. The van der Waals surface area contributed by atoms with E-state index in [1.807, 2.05) is 0 Å². The first-order valence-corrected chi connectivity index (χ1v) is 11.3. The number of aromatic amines is 1. The average molecular weight is 524 g/mol. The van der Waals surface area contributed by atoms with E-state index in [-0.39, 0.29) is 40.6 Å². The normalized spacial score (nSPS) is 15.6. The molecule has 1 aliphatic carbocycles. The Hall–Kier alpha value is -4.88. The summed E-state index contributed by atoms with van der Waals surface area (Å²) < 4.78 is 43.9. The van der Waals surface area contributed by atoms with Gasteiger partial charge in [-0.3, -0.25) is 9.59 Å². The Balaban J connectivity index is 1.30. The van der Waals surface area contributed by atoms with Crippen LogP contribution in [0, 0.1) is 12.7 Å². The van der Waals surface area contributed by atoms with E-state index in [0.29, 0.717) is 11.1 Å². The smallest absolute Gasteiger partial charge is 0.347 e. The SMILES string of the molecule is Cc1cc(CNC(=O)c2cc(C(=O)N[C@H]3CC(F)(F)c4cc(-n5nn[nH]c5=O)ccc43)ncn2)ccc1F. The summed E-state index contributed by atoms with van der Waals surface area (Å²) in [7, 11) is 0. The molecule has 0 saturated carbocycles. The first-order valence-electron chi connectivity index (χ1n) is 11.3. The topological polar surface area (TPSA) is 148 Å². The molecule has 2 aromatic heterocycles. The summed E-state index contributed by atoms with van der Waals surface area (Å²) in [6, 6.07) is 8.44. The minimum atomic E-state index is -3.29. The molecule has 0 spiro atoms. The maximum absolute atomic E-state index is 14.8. The number of halogens is 3. The predicted octanol–water partition coefficient (Wildman–Crippen LogP) is 2.09. The number of nitrogens with one attached hydrogen (secondary N) is 3. The van der Waals surface area contributed by atoms with Crippen molar-refractivity contribution in [1.29, 1.82) is 0 Å². The van der Waals surface area contributed by atoms with Crippen LogP contribution in [0.2, 0.25) is 0 Å². The number of rotatable bonds is 6. The minimum absolute atomic E-state index is 0.0939. The first kappa shape index (κ1) is 24.8. The summed E-state index contributed by atoms with van der Waals surface area (Å²) >= 11 is 0.